The van der Waals surface area contributed by atoms with Gasteiger partial charge in [0.25, 0.3) is 0 Å². The molecule has 0 unspecified atom stereocenters. The van der Waals surface area contributed by atoms with E-state index in [0.717, 1.165) is 24.2 Å². The fraction of sp³-hybridized carbons (Fsp3) is 0.750. The van der Waals surface area contributed by atoms with Gasteiger partial charge in [-0.05, 0) is 11.1 Å². The first-order valence-corrected chi connectivity index (χ1v) is 4.24. The molecule has 0 radical (unpaired) electrons. The van der Waals surface area contributed by atoms with Crippen molar-refractivity contribution in [2.45, 2.75) is 6.18 Å². The normalized spacial score (nSPS) is 24.2. The van der Waals surface area contributed by atoms with E-state index in [1.165, 1.54) is 4.90 Å². The van der Waals surface area contributed by atoms with Gasteiger partial charge >= 0.3 is 6.18 Å². The highest BCUT2D eigenvalue weighted by molar-refractivity contribution is 5.29. The van der Waals surface area contributed by atoms with Gasteiger partial charge in [0.2, 0.25) is 0 Å². The molecule has 0 saturated carbocycles. The van der Waals surface area contributed by atoms with E-state index >= 15 is 0 Å². The molecule has 2 nitrogen and oxygen atoms in total. The highest BCUT2D eigenvalue weighted by atomic mass is 19.4. The molecule has 0 fully saturated rings. The first kappa shape index (κ1) is 9.02. The molecule has 13 heavy (non-hydrogen) atoms. The largest absolute Gasteiger partial charge is 0.401 e. The monoisotopic (exact) mass is 192 g/mol. The van der Waals surface area contributed by atoms with Crippen LogP contribution in [0.3, 0.4) is 0 Å². The molecule has 1 N–H and O–H groups in total. The number of rotatable bonds is 1. The number of alkyl halides is 3. The maximum Gasteiger partial charge on any atom is 0.401 e. The van der Waals surface area contributed by atoms with Crippen LogP contribution in [0.15, 0.2) is 11.1 Å². The Morgan fingerprint density at radius 2 is 1.69 bits per heavy atom. The van der Waals surface area contributed by atoms with E-state index in [1.54, 1.807) is 0 Å². The summed E-state index contributed by atoms with van der Waals surface area (Å²) in [5, 5.41) is 3.13. The van der Waals surface area contributed by atoms with Crippen LogP contribution in [0, 0.1) is 0 Å². The molecule has 0 aromatic rings. The van der Waals surface area contributed by atoms with E-state index in [2.05, 4.69) is 5.32 Å². The van der Waals surface area contributed by atoms with Crippen molar-refractivity contribution < 1.29 is 13.2 Å². The predicted octanol–water partition coefficient (Wildman–Crippen LogP) is 0.764. The third-order valence-corrected chi connectivity index (χ3v) is 2.41. The van der Waals surface area contributed by atoms with Crippen LogP contribution < -0.4 is 5.32 Å². The molecule has 5 heteroatoms. The van der Waals surface area contributed by atoms with Crippen molar-refractivity contribution >= 4 is 0 Å². The minimum atomic E-state index is -4.06. The number of nitrogens with one attached hydrogen (secondary N) is 1. The summed E-state index contributed by atoms with van der Waals surface area (Å²) in [7, 11) is 0. The van der Waals surface area contributed by atoms with Gasteiger partial charge in [0.05, 0.1) is 6.54 Å². The van der Waals surface area contributed by atoms with Gasteiger partial charge in [0, 0.05) is 26.2 Å². The Labute approximate surface area is 74.4 Å². The third kappa shape index (κ3) is 2.03. The second kappa shape index (κ2) is 2.99. The van der Waals surface area contributed by atoms with E-state index in [1.807, 2.05) is 0 Å². The summed E-state index contributed by atoms with van der Waals surface area (Å²) >= 11 is 0. The fourth-order valence-electron chi connectivity index (χ4n) is 1.91. The van der Waals surface area contributed by atoms with Crippen LogP contribution in [0.4, 0.5) is 13.2 Å². The Bertz CT molecular complexity index is 228. The van der Waals surface area contributed by atoms with Crippen LogP contribution in [0.25, 0.3) is 0 Å². The zero-order chi connectivity index (χ0) is 9.47. The average Bonchev–Trinajstić information content (AvgIpc) is 2.40. The maximum atomic E-state index is 12.0. The van der Waals surface area contributed by atoms with Crippen molar-refractivity contribution in [2.75, 3.05) is 32.7 Å². The molecular formula is C8H11F3N2. The molecule has 2 aliphatic rings. The molecule has 0 aromatic carbocycles. The zero-order valence-electron chi connectivity index (χ0n) is 7.12. The molecule has 74 valence electrons. The lowest BCUT2D eigenvalue weighted by Crippen LogP contribution is -2.35. The van der Waals surface area contributed by atoms with Crippen molar-refractivity contribution in [2.24, 2.45) is 0 Å². The second-order valence-electron chi connectivity index (χ2n) is 3.57. The minimum absolute atomic E-state index is 0.488. The van der Waals surface area contributed by atoms with Crippen LogP contribution in [0.1, 0.15) is 0 Å². The number of halogens is 3. The Kier molecular flexibility index (Phi) is 2.08. The molecule has 2 heterocycles. The Hall–Kier alpha value is -0.550. The standard InChI is InChI=1S/C8H11F3N2/c9-8(10,11)5-13-3-6-1-12-2-7(6)4-13/h12H,1-5H2. The Morgan fingerprint density at radius 1 is 1.15 bits per heavy atom. The molecule has 2 aliphatic heterocycles. The summed E-state index contributed by atoms with van der Waals surface area (Å²) in [5.74, 6) is 0. The molecule has 0 bridgehead atoms. The van der Waals surface area contributed by atoms with Gasteiger partial charge in [-0.1, -0.05) is 0 Å². The first-order chi connectivity index (χ1) is 6.04. The fourth-order valence-corrected chi connectivity index (χ4v) is 1.91. The molecule has 0 aliphatic carbocycles. The molecule has 0 amide bonds. The molecule has 2 rings (SSSR count). The lowest BCUT2D eigenvalue weighted by Gasteiger charge is -2.19. The van der Waals surface area contributed by atoms with Gasteiger partial charge in [-0.3, -0.25) is 4.90 Å². The van der Waals surface area contributed by atoms with E-state index in [0.29, 0.717) is 13.1 Å². The first-order valence-electron chi connectivity index (χ1n) is 4.24. The van der Waals surface area contributed by atoms with Crippen molar-refractivity contribution in [1.82, 2.24) is 10.2 Å². The summed E-state index contributed by atoms with van der Waals surface area (Å²) in [6.07, 6.45) is -4.06. The molecule has 0 spiro atoms. The molecule has 0 atom stereocenters. The molecule has 0 saturated heterocycles. The Balaban J connectivity index is 1.89. The zero-order valence-corrected chi connectivity index (χ0v) is 7.12. The van der Waals surface area contributed by atoms with Crippen molar-refractivity contribution in [1.29, 1.82) is 0 Å². The van der Waals surface area contributed by atoms with Gasteiger partial charge < -0.3 is 5.32 Å². The van der Waals surface area contributed by atoms with Crippen LogP contribution in [0.2, 0.25) is 0 Å². The van der Waals surface area contributed by atoms with Crippen LogP contribution in [-0.4, -0.2) is 43.8 Å². The van der Waals surface area contributed by atoms with Crippen molar-refractivity contribution in [3.8, 4) is 0 Å². The highest BCUT2D eigenvalue weighted by Crippen LogP contribution is 2.24. The van der Waals surface area contributed by atoms with Crippen LogP contribution >= 0.6 is 0 Å². The van der Waals surface area contributed by atoms with Gasteiger partial charge in [-0.25, -0.2) is 0 Å². The second-order valence-corrected chi connectivity index (χ2v) is 3.57. The number of nitrogens with zero attached hydrogens (tertiary/aromatic N) is 1. The van der Waals surface area contributed by atoms with Crippen LogP contribution in [0.5, 0.6) is 0 Å². The van der Waals surface area contributed by atoms with Gasteiger partial charge in [-0.15, -0.1) is 0 Å². The van der Waals surface area contributed by atoms with E-state index < -0.39 is 12.7 Å². The van der Waals surface area contributed by atoms with Gasteiger partial charge in [0.15, 0.2) is 0 Å². The lowest BCUT2D eigenvalue weighted by atomic mass is 10.2. The van der Waals surface area contributed by atoms with Crippen molar-refractivity contribution in [3.05, 3.63) is 11.1 Å². The third-order valence-electron chi connectivity index (χ3n) is 2.41. The van der Waals surface area contributed by atoms with Gasteiger partial charge in [0.1, 0.15) is 0 Å². The summed E-state index contributed by atoms with van der Waals surface area (Å²) < 4.78 is 36.0. The number of hydrogen-bond acceptors (Lipinski definition) is 2. The van der Waals surface area contributed by atoms with Gasteiger partial charge in [-0.2, -0.15) is 13.2 Å². The minimum Gasteiger partial charge on any atom is -0.309 e. The molecule has 0 aromatic heterocycles. The number of hydrogen-bond donors (Lipinski definition) is 1. The predicted molar refractivity (Wildman–Crippen MR) is 42.4 cm³/mol. The van der Waals surface area contributed by atoms with E-state index in [4.69, 9.17) is 0 Å². The summed E-state index contributed by atoms with van der Waals surface area (Å²) in [4.78, 5) is 1.45. The SMILES string of the molecule is FC(F)(F)CN1CC2=C(CNC2)C1. The van der Waals surface area contributed by atoms with Crippen molar-refractivity contribution in [3.63, 3.8) is 0 Å². The quantitative estimate of drug-likeness (QED) is 0.617. The average molecular weight is 192 g/mol. The summed E-state index contributed by atoms with van der Waals surface area (Å²) in [6.45, 7) is 1.73. The highest BCUT2D eigenvalue weighted by Gasteiger charge is 2.34. The van der Waals surface area contributed by atoms with E-state index in [9.17, 15) is 13.2 Å². The topological polar surface area (TPSA) is 15.3 Å². The lowest BCUT2D eigenvalue weighted by molar-refractivity contribution is -0.143. The van der Waals surface area contributed by atoms with E-state index in [-0.39, 0.29) is 0 Å². The maximum absolute atomic E-state index is 12.0. The summed E-state index contributed by atoms with van der Waals surface area (Å²) in [5.41, 5.74) is 2.31. The molecular weight excluding hydrogens is 181 g/mol. The van der Waals surface area contributed by atoms with Crippen LogP contribution in [-0.2, 0) is 0 Å². The smallest absolute Gasteiger partial charge is 0.309 e. The summed E-state index contributed by atoms with van der Waals surface area (Å²) in [6, 6.07) is 0. The Morgan fingerprint density at radius 3 is 2.15 bits per heavy atom.